The Morgan fingerprint density at radius 3 is 2.18 bits per heavy atom. The van der Waals surface area contributed by atoms with Gasteiger partial charge in [0.05, 0.1) is 0 Å². The van der Waals surface area contributed by atoms with Crippen molar-refractivity contribution in [3.05, 3.63) is 27.7 Å². The van der Waals surface area contributed by atoms with Crippen molar-refractivity contribution in [2.75, 3.05) is 17.3 Å². The van der Waals surface area contributed by atoms with Crippen LogP contribution in [0.3, 0.4) is 0 Å². The van der Waals surface area contributed by atoms with Gasteiger partial charge in [0.25, 0.3) is 0 Å². The second kappa shape index (κ2) is 5.18. The van der Waals surface area contributed by atoms with E-state index in [2.05, 4.69) is 21.2 Å². The van der Waals surface area contributed by atoms with Crippen molar-refractivity contribution in [3.63, 3.8) is 0 Å². The lowest BCUT2D eigenvalue weighted by Crippen LogP contribution is -2.22. The van der Waals surface area contributed by atoms with Crippen molar-refractivity contribution >= 4 is 37.4 Å². The zero-order valence-electron chi connectivity index (χ0n) is 9.87. The summed E-state index contributed by atoms with van der Waals surface area (Å²) >= 11 is 3.35. The zero-order chi connectivity index (χ0) is 13.2. The minimum Gasteiger partial charge on any atom is -0.325 e. The average Bonchev–Trinajstić information content (AvgIpc) is 2.08. The number of carbonyl (C=O) groups excluding carboxylic acids is 1. The minimum atomic E-state index is -3.30. The quantitative estimate of drug-likeness (QED) is 0.927. The van der Waals surface area contributed by atoms with Gasteiger partial charge in [0.2, 0.25) is 5.91 Å². The van der Waals surface area contributed by atoms with Crippen molar-refractivity contribution < 1.29 is 13.2 Å². The molecule has 1 amide bonds. The van der Waals surface area contributed by atoms with Crippen LogP contribution in [0.25, 0.3) is 0 Å². The zero-order valence-corrected chi connectivity index (χ0v) is 12.3. The lowest BCUT2D eigenvalue weighted by Gasteiger charge is -2.11. The van der Waals surface area contributed by atoms with Gasteiger partial charge in [0.1, 0.15) is 5.75 Å². The summed E-state index contributed by atoms with van der Waals surface area (Å²) in [5.41, 5.74) is 2.44. The van der Waals surface area contributed by atoms with E-state index in [0.717, 1.165) is 21.9 Å². The fraction of sp³-hybridized carbons (Fsp3) is 0.364. The Labute approximate surface area is 109 Å². The molecule has 4 nitrogen and oxygen atoms in total. The molecule has 0 atom stereocenters. The van der Waals surface area contributed by atoms with Gasteiger partial charge in [-0.15, -0.1) is 0 Å². The summed E-state index contributed by atoms with van der Waals surface area (Å²) in [6.07, 6.45) is 1.04. The largest absolute Gasteiger partial charge is 0.325 e. The van der Waals surface area contributed by atoms with Crippen molar-refractivity contribution in [2.24, 2.45) is 0 Å². The first kappa shape index (κ1) is 14.2. The normalized spacial score (nSPS) is 11.3. The van der Waals surface area contributed by atoms with E-state index in [1.54, 1.807) is 0 Å². The molecule has 0 aliphatic carbocycles. The molecule has 6 heteroatoms. The molecule has 0 aromatic heterocycles. The Kier molecular flexibility index (Phi) is 4.32. The Hall–Kier alpha value is -0.880. The first-order valence-electron chi connectivity index (χ1n) is 4.93. The van der Waals surface area contributed by atoms with E-state index in [4.69, 9.17) is 0 Å². The number of sulfone groups is 1. The number of nitrogens with one attached hydrogen (secondary N) is 1. The Morgan fingerprint density at radius 2 is 1.76 bits per heavy atom. The van der Waals surface area contributed by atoms with E-state index in [0.29, 0.717) is 5.69 Å². The highest BCUT2D eigenvalue weighted by atomic mass is 79.9. The van der Waals surface area contributed by atoms with Crippen molar-refractivity contribution in [2.45, 2.75) is 13.8 Å². The van der Waals surface area contributed by atoms with Gasteiger partial charge in [-0.1, -0.05) is 15.9 Å². The van der Waals surface area contributed by atoms with Gasteiger partial charge in [-0.3, -0.25) is 4.79 Å². The van der Waals surface area contributed by atoms with Crippen LogP contribution < -0.4 is 5.32 Å². The maximum absolute atomic E-state index is 11.5. The number of hydrogen-bond donors (Lipinski definition) is 1. The van der Waals surface area contributed by atoms with E-state index in [-0.39, 0.29) is 0 Å². The summed E-state index contributed by atoms with van der Waals surface area (Å²) in [7, 11) is -3.30. The van der Waals surface area contributed by atoms with Crippen LogP contribution in [0.5, 0.6) is 0 Å². The van der Waals surface area contributed by atoms with Gasteiger partial charge in [-0.05, 0) is 37.1 Å². The molecule has 0 aliphatic rings. The molecule has 0 bridgehead atoms. The van der Waals surface area contributed by atoms with Crippen molar-refractivity contribution in [1.82, 2.24) is 0 Å². The standard InChI is InChI=1S/C11H14BrNO3S/c1-7-4-9(12)5-8(2)11(7)13-10(14)6-17(3,15)16/h4-5H,6H2,1-3H3,(H,13,14). The second-order valence-electron chi connectivity index (χ2n) is 4.03. The molecule has 0 saturated carbocycles. The topological polar surface area (TPSA) is 63.2 Å². The van der Waals surface area contributed by atoms with E-state index < -0.39 is 21.5 Å². The summed E-state index contributed by atoms with van der Waals surface area (Å²) in [6, 6.07) is 3.73. The number of hydrogen-bond acceptors (Lipinski definition) is 3. The molecule has 1 N–H and O–H groups in total. The molecule has 0 heterocycles. The minimum absolute atomic E-state index is 0.498. The van der Waals surface area contributed by atoms with Crippen LogP contribution in [0, 0.1) is 13.8 Å². The van der Waals surface area contributed by atoms with Crippen LogP contribution in [-0.4, -0.2) is 26.3 Å². The van der Waals surface area contributed by atoms with Gasteiger partial charge in [-0.25, -0.2) is 8.42 Å². The molecule has 0 fully saturated rings. The molecule has 1 rings (SSSR count). The number of amides is 1. The van der Waals surface area contributed by atoms with Gasteiger partial charge in [0, 0.05) is 16.4 Å². The van der Waals surface area contributed by atoms with Crippen LogP contribution in [0.4, 0.5) is 5.69 Å². The first-order chi connectivity index (χ1) is 7.69. The van der Waals surface area contributed by atoms with Gasteiger partial charge >= 0.3 is 0 Å². The van der Waals surface area contributed by atoms with Crippen LogP contribution in [0.1, 0.15) is 11.1 Å². The molecule has 0 aliphatic heterocycles. The summed E-state index contributed by atoms with van der Waals surface area (Å²) in [5.74, 6) is -1.01. The highest BCUT2D eigenvalue weighted by Gasteiger charge is 2.13. The Morgan fingerprint density at radius 1 is 1.29 bits per heavy atom. The van der Waals surface area contributed by atoms with E-state index in [1.807, 2.05) is 26.0 Å². The maximum atomic E-state index is 11.5. The monoisotopic (exact) mass is 319 g/mol. The lowest BCUT2D eigenvalue weighted by atomic mass is 10.1. The predicted octanol–water partition coefficient (Wildman–Crippen LogP) is 2.05. The molecular formula is C11H14BrNO3S. The van der Waals surface area contributed by atoms with E-state index in [1.165, 1.54) is 0 Å². The molecular weight excluding hydrogens is 306 g/mol. The predicted molar refractivity (Wildman–Crippen MR) is 72.0 cm³/mol. The van der Waals surface area contributed by atoms with Crippen molar-refractivity contribution in [3.8, 4) is 0 Å². The molecule has 1 aromatic rings. The third-order valence-corrected chi connectivity index (χ3v) is 3.40. The van der Waals surface area contributed by atoms with Crippen LogP contribution in [0.2, 0.25) is 0 Å². The SMILES string of the molecule is Cc1cc(Br)cc(C)c1NC(=O)CS(C)(=O)=O. The second-order valence-corrected chi connectivity index (χ2v) is 7.09. The first-order valence-corrected chi connectivity index (χ1v) is 7.79. The summed E-state index contributed by atoms with van der Waals surface area (Å²) in [5, 5.41) is 2.62. The molecule has 1 aromatic carbocycles. The third-order valence-electron chi connectivity index (χ3n) is 2.16. The summed E-state index contributed by atoms with van der Waals surface area (Å²) < 4.78 is 22.9. The highest BCUT2D eigenvalue weighted by Crippen LogP contribution is 2.24. The Bertz CT molecular complexity index is 529. The Balaban J connectivity index is 2.93. The third kappa shape index (κ3) is 4.47. The van der Waals surface area contributed by atoms with Crippen LogP contribution in [0.15, 0.2) is 16.6 Å². The lowest BCUT2D eigenvalue weighted by molar-refractivity contribution is -0.113. The highest BCUT2D eigenvalue weighted by molar-refractivity contribution is 9.10. The van der Waals surface area contributed by atoms with Gasteiger partial charge in [0.15, 0.2) is 9.84 Å². The summed E-state index contributed by atoms with van der Waals surface area (Å²) in [6.45, 7) is 3.71. The van der Waals surface area contributed by atoms with Gasteiger partial charge < -0.3 is 5.32 Å². The maximum Gasteiger partial charge on any atom is 0.239 e. The van der Waals surface area contributed by atoms with Crippen LogP contribution >= 0.6 is 15.9 Å². The molecule has 94 valence electrons. The van der Waals surface area contributed by atoms with Crippen molar-refractivity contribution in [1.29, 1.82) is 0 Å². The smallest absolute Gasteiger partial charge is 0.239 e. The molecule has 0 radical (unpaired) electrons. The molecule has 0 saturated heterocycles. The fourth-order valence-electron chi connectivity index (χ4n) is 1.52. The number of carbonyl (C=O) groups is 1. The number of aryl methyl sites for hydroxylation is 2. The molecule has 0 unspecified atom stereocenters. The van der Waals surface area contributed by atoms with E-state index >= 15 is 0 Å². The number of halogens is 1. The summed E-state index contributed by atoms with van der Waals surface area (Å²) in [4.78, 5) is 11.5. The van der Waals surface area contributed by atoms with Crippen LogP contribution in [-0.2, 0) is 14.6 Å². The van der Waals surface area contributed by atoms with Gasteiger partial charge in [-0.2, -0.15) is 0 Å². The number of benzene rings is 1. The van der Waals surface area contributed by atoms with E-state index in [9.17, 15) is 13.2 Å². The fourth-order valence-corrected chi connectivity index (χ4v) is 2.76. The molecule has 17 heavy (non-hydrogen) atoms. The number of anilines is 1. The molecule has 0 spiro atoms. The number of rotatable bonds is 3. The average molecular weight is 320 g/mol.